The van der Waals surface area contributed by atoms with Gasteiger partial charge in [0.25, 0.3) is 0 Å². The summed E-state index contributed by atoms with van der Waals surface area (Å²) in [4.78, 5) is 16.7. The highest BCUT2D eigenvalue weighted by Crippen LogP contribution is 2.57. The lowest BCUT2D eigenvalue weighted by Gasteiger charge is -2.61. The lowest BCUT2D eigenvalue weighted by molar-refractivity contribution is -0.0532. The topological polar surface area (TPSA) is 109 Å². The van der Waals surface area contributed by atoms with Crippen molar-refractivity contribution in [1.29, 1.82) is 0 Å². The van der Waals surface area contributed by atoms with Gasteiger partial charge in [-0.3, -0.25) is 5.10 Å². The molecule has 1 amide bonds. The van der Waals surface area contributed by atoms with Gasteiger partial charge in [0.15, 0.2) is 11.6 Å². The van der Waals surface area contributed by atoms with Crippen LogP contribution in [0.15, 0.2) is 24.5 Å². The van der Waals surface area contributed by atoms with Crippen LogP contribution in [0.3, 0.4) is 0 Å². The van der Waals surface area contributed by atoms with Gasteiger partial charge in [0.05, 0.1) is 5.69 Å². The smallest absolute Gasteiger partial charge is 0.407 e. The number of ether oxygens (including phenoxy) is 1. The normalized spacial score (nSPS) is 32.0. The molecule has 10 heteroatoms. The minimum absolute atomic E-state index is 0.0689. The molecule has 5 fully saturated rings. The van der Waals surface area contributed by atoms with E-state index in [1.54, 1.807) is 6.20 Å². The van der Waals surface area contributed by atoms with E-state index < -0.39 is 18.4 Å². The van der Waals surface area contributed by atoms with E-state index in [0.717, 1.165) is 36.4 Å². The van der Waals surface area contributed by atoms with Gasteiger partial charge in [-0.15, -0.1) is 0 Å². The molecule has 9 nitrogen and oxygen atoms in total. The number of alkyl carbamates (subject to hydrolysis) is 1. The second-order valence-electron chi connectivity index (χ2n) is 10.6. The molecule has 3 aromatic rings. The lowest BCUT2D eigenvalue weighted by atomic mass is 9.50. The van der Waals surface area contributed by atoms with Gasteiger partial charge in [-0.2, -0.15) is 10.2 Å². The van der Waals surface area contributed by atoms with Crippen LogP contribution in [0.1, 0.15) is 74.6 Å². The summed E-state index contributed by atoms with van der Waals surface area (Å²) in [5.74, 6) is 2.13. The molecule has 0 aliphatic heterocycles. The number of amides is 1. The number of hydrogen-bond acceptors (Lipinski definition) is 6. The largest absolute Gasteiger partial charge is 0.443 e. The van der Waals surface area contributed by atoms with Crippen molar-refractivity contribution in [2.24, 2.45) is 5.92 Å². The summed E-state index contributed by atoms with van der Waals surface area (Å²) in [6, 6.07) is 3.90. The van der Waals surface area contributed by atoms with Crippen molar-refractivity contribution in [2.75, 3.05) is 5.32 Å². The highest BCUT2D eigenvalue weighted by molar-refractivity contribution is 5.72. The number of halogens is 1. The Bertz CT molecular complexity index is 1230. The highest BCUT2D eigenvalue weighted by atomic mass is 19.1. The van der Waals surface area contributed by atoms with Crippen LogP contribution in [0, 0.1) is 5.92 Å². The maximum atomic E-state index is 15.2. The van der Waals surface area contributed by atoms with Gasteiger partial charge in [0.2, 0.25) is 0 Å². The Balaban J connectivity index is 1.02. The average molecular weight is 466 g/mol. The van der Waals surface area contributed by atoms with Crippen LogP contribution in [0.2, 0.25) is 0 Å². The summed E-state index contributed by atoms with van der Waals surface area (Å²) in [6.45, 7) is 0. The molecular formula is C24H28FN7O2. The number of fused-ring (bicyclic) bond motifs is 1. The van der Waals surface area contributed by atoms with Crippen LogP contribution < -0.4 is 10.6 Å². The van der Waals surface area contributed by atoms with Gasteiger partial charge in [-0.1, -0.05) is 6.42 Å². The monoisotopic (exact) mass is 465 g/mol. The minimum atomic E-state index is -1.27. The van der Waals surface area contributed by atoms with E-state index in [1.807, 2.05) is 16.8 Å². The summed E-state index contributed by atoms with van der Waals surface area (Å²) in [5.41, 5.74) is 2.61. The fourth-order valence-corrected chi connectivity index (χ4v) is 6.04. The van der Waals surface area contributed by atoms with Gasteiger partial charge in [-0.05, 0) is 56.9 Å². The van der Waals surface area contributed by atoms with E-state index in [9.17, 15) is 4.79 Å². The van der Waals surface area contributed by atoms with Gasteiger partial charge >= 0.3 is 6.09 Å². The Morgan fingerprint density at radius 1 is 1.21 bits per heavy atom. The molecule has 5 saturated carbocycles. The highest BCUT2D eigenvalue weighted by Gasteiger charge is 2.58. The molecule has 8 rings (SSSR count). The molecule has 0 radical (unpaired) electrons. The van der Waals surface area contributed by atoms with E-state index in [-0.39, 0.29) is 11.5 Å². The van der Waals surface area contributed by atoms with Crippen LogP contribution in [0.25, 0.3) is 5.52 Å². The van der Waals surface area contributed by atoms with Crippen molar-refractivity contribution in [2.45, 2.75) is 81.0 Å². The number of aromatic nitrogens is 5. The van der Waals surface area contributed by atoms with Gasteiger partial charge in [0.1, 0.15) is 17.8 Å². The van der Waals surface area contributed by atoms with E-state index in [0.29, 0.717) is 36.1 Å². The molecule has 5 aliphatic rings. The number of carbonyl (C=O) groups is 1. The van der Waals surface area contributed by atoms with E-state index in [4.69, 9.17) is 9.84 Å². The van der Waals surface area contributed by atoms with Crippen molar-refractivity contribution >= 4 is 23.2 Å². The molecule has 178 valence electrons. The SMILES string of the molecule is O=C(NC12CC(C1)C2)O[C@@H]1CC[C@H](c2cc(Nc3nccn4nc(C5CCC5)cc34)n[nH]2)[C@H]1F. The van der Waals surface area contributed by atoms with Crippen LogP contribution in [-0.2, 0) is 4.74 Å². The number of anilines is 2. The van der Waals surface area contributed by atoms with E-state index in [2.05, 4.69) is 31.9 Å². The van der Waals surface area contributed by atoms with Crippen LogP contribution in [0.4, 0.5) is 20.8 Å². The van der Waals surface area contributed by atoms with Gasteiger partial charge in [0, 0.05) is 41.5 Å². The zero-order valence-electron chi connectivity index (χ0n) is 18.8. The number of carbonyl (C=O) groups excluding carboxylic acids is 1. The molecule has 0 aromatic carbocycles. The summed E-state index contributed by atoms with van der Waals surface area (Å²) in [5, 5.41) is 18.2. The fourth-order valence-electron chi connectivity index (χ4n) is 6.04. The third kappa shape index (κ3) is 3.25. The summed E-state index contributed by atoms with van der Waals surface area (Å²) in [7, 11) is 0. The first-order valence-corrected chi connectivity index (χ1v) is 12.3. The zero-order chi connectivity index (χ0) is 22.9. The molecule has 3 N–H and O–H groups in total. The molecule has 3 aromatic heterocycles. The van der Waals surface area contributed by atoms with E-state index >= 15 is 4.39 Å². The van der Waals surface area contributed by atoms with Gasteiger partial charge in [-0.25, -0.2) is 18.7 Å². The molecule has 34 heavy (non-hydrogen) atoms. The molecular weight excluding hydrogens is 437 g/mol. The Labute approximate surface area is 195 Å². The summed E-state index contributed by atoms with van der Waals surface area (Å²) >= 11 is 0. The first-order valence-electron chi connectivity index (χ1n) is 12.3. The number of aromatic amines is 1. The van der Waals surface area contributed by atoms with Crippen molar-refractivity contribution in [1.82, 2.24) is 30.1 Å². The quantitative estimate of drug-likeness (QED) is 0.500. The molecule has 0 saturated heterocycles. The van der Waals surface area contributed by atoms with Crippen LogP contribution in [-0.4, -0.2) is 48.7 Å². The molecule has 0 spiro atoms. The van der Waals surface area contributed by atoms with Gasteiger partial charge < -0.3 is 15.4 Å². The third-order valence-electron chi connectivity index (χ3n) is 8.34. The molecule has 0 unspecified atom stereocenters. The number of alkyl halides is 1. The Kier molecular flexibility index (Phi) is 4.41. The number of rotatable bonds is 6. The predicted octanol–water partition coefficient (Wildman–Crippen LogP) is 4.33. The van der Waals surface area contributed by atoms with E-state index in [1.165, 1.54) is 19.3 Å². The second kappa shape index (κ2) is 7.41. The Morgan fingerprint density at radius 2 is 2.06 bits per heavy atom. The van der Waals surface area contributed by atoms with Crippen molar-refractivity contribution in [3.8, 4) is 0 Å². The number of nitrogens with one attached hydrogen (secondary N) is 3. The van der Waals surface area contributed by atoms with Crippen LogP contribution >= 0.6 is 0 Å². The van der Waals surface area contributed by atoms with Crippen molar-refractivity contribution in [3.05, 3.63) is 35.9 Å². The molecule has 2 bridgehead atoms. The molecule has 5 aliphatic carbocycles. The zero-order valence-corrected chi connectivity index (χ0v) is 18.8. The van der Waals surface area contributed by atoms with Crippen LogP contribution in [0.5, 0.6) is 0 Å². The number of H-pyrrole nitrogens is 1. The third-order valence-corrected chi connectivity index (χ3v) is 8.34. The minimum Gasteiger partial charge on any atom is -0.443 e. The first kappa shape index (κ1) is 20.2. The predicted molar refractivity (Wildman–Crippen MR) is 122 cm³/mol. The van der Waals surface area contributed by atoms with Crippen molar-refractivity contribution < 1.29 is 13.9 Å². The average Bonchev–Trinajstić information content (AvgIpc) is 3.43. The Hall–Kier alpha value is -3.17. The summed E-state index contributed by atoms with van der Waals surface area (Å²) in [6.07, 6.45) is 8.86. The Morgan fingerprint density at radius 3 is 2.79 bits per heavy atom. The molecule has 3 atom stereocenters. The lowest BCUT2D eigenvalue weighted by Crippen LogP contribution is -2.68. The number of hydrogen-bond donors (Lipinski definition) is 3. The second-order valence-corrected chi connectivity index (χ2v) is 10.6. The number of nitrogens with zero attached hydrogens (tertiary/aromatic N) is 4. The fraction of sp³-hybridized carbons (Fsp3) is 0.583. The standard InChI is InChI=1S/C24H28FN7O2/c25-21-15(4-5-19(21)34-23(33)28-24-10-13(11-24)12-24)17-9-20(30-29-17)27-22-18-8-16(14-2-1-3-14)31-32(18)7-6-26-22/h6-9,13-15,19,21H,1-5,10-12H2,(H,28,33)(H2,26,27,29,30)/t13?,15-,19-,21-,24?/m1/s1. The maximum absolute atomic E-state index is 15.2. The molecule has 3 heterocycles. The maximum Gasteiger partial charge on any atom is 0.407 e. The summed E-state index contributed by atoms with van der Waals surface area (Å²) < 4.78 is 22.5. The first-order chi connectivity index (χ1) is 16.6. The van der Waals surface area contributed by atoms with Crippen molar-refractivity contribution in [3.63, 3.8) is 0 Å².